The molecule has 0 atom stereocenters. The highest BCUT2D eigenvalue weighted by Crippen LogP contribution is 2.31. The molecule has 2 aromatic rings. The number of rotatable bonds is 5. The number of carbonyl (C=O) groups excluding carboxylic acids is 2. The molecule has 36 heavy (non-hydrogen) atoms. The number of hydrogen-bond acceptors (Lipinski definition) is 10. The van der Waals surface area contributed by atoms with Gasteiger partial charge in [0.05, 0.1) is 24.2 Å². The summed E-state index contributed by atoms with van der Waals surface area (Å²) in [5, 5.41) is 24.0. The fourth-order valence-corrected chi connectivity index (χ4v) is 2.15. The third-order valence-corrected chi connectivity index (χ3v) is 3.54. The second kappa shape index (κ2) is 17.5. The first-order chi connectivity index (χ1) is 16.3. The highest BCUT2D eigenvalue weighted by molar-refractivity contribution is 6.32. The van der Waals surface area contributed by atoms with Gasteiger partial charge in [0.1, 0.15) is 5.02 Å². The van der Waals surface area contributed by atoms with E-state index >= 15 is 0 Å². The molecule has 13 nitrogen and oxygen atoms in total. The van der Waals surface area contributed by atoms with Crippen molar-refractivity contribution in [2.24, 2.45) is 0 Å². The van der Waals surface area contributed by atoms with Crippen molar-refractivity contribution in [2.45, 2.75) is 21.3 Å². The lowest BCUT2D eigenvalue weighted by atomic mass is 10.3. The van der Waals surface area contributed by atoms with E-state index in [1.54, 1.807) is 6.92 Å². The van der Waals surface area contributed by atoms with Crippen LogP contribution in [0.2, 0.25) is 10.0 Å². The third kappa shape index (κ3) is 13.7. The molecule has 2 aromatic carbocycles. The lowest BCUT2D eigenvalue weighted by Gasteiger charge is -2.05. The Bertz CT molecular complexity index is 1050. The summed E-state index contributed by atoms with van der Waals surface area (Å²) in [7, 11) is 0. The van der Waals surface area contributed by atoms with Crippen molar-refractivity contribution >= 4 is 41.2 Å². The van der Waals surface area contributed by atoms with Gasteiger partial charge < -0.3 is 24.2 Å². The van der Waals surface area contributed by atoms with Crippen LogP contribution in [0.15, 0.2) is 30.3 Å². The molecule has 0 aliphatic heterocycles. The molecule has 17 heteroatoms. The Hall–Kier alpha value is -3.98. The number of carbonyl (C=O) groups is 2. The number of nitrogens with zero attached hydrogens (tertiary/aromatic N) is 2. The molecule has 0 spiro atoms. The number of halogens is 4. The maximum Gasteiger partial charge on any atom is 0.513 e. The summed E-state index contributed by atoms with van der Waals surface area (Å²) in [6.07, 6.45) is -2.09. The van der Waals surface area contributed by atoms with E-state index in [4.69, 9.17) is 38.5 Å². The number of nitro benzene ring substituents is 1. The minimum Gasteiger partial charge on any atom is -0.434 e. The third-order valence-electron chi connectivity index (χ3n) is 3.00. The molecular formula is C19H20Cl2F2N2O11. The summed E-state index contributed by atoms with van der Waals surface area (Å²) in [5.74, 6) is -2.51. The maximum absolute atomic E-state index is 13.3. The Morgan fingerprint density at radius 3 is 1.78 bits per heavy atom. The van der Waals surface area contributed by atoms with E-state index in [1.807, 2.05) is 0 Å². The summed E-state index contributed by atoms with van der Waals surface area (Å²) in [6.45, 7) is 3.37. The van der Waals surface area contributed by atoms with E-state index in [0.717, 1.165) is 6.07 Å². The van der Waals surface area contributed by atoms with Gasteiger partial charge in [-0.15, -0.1) is 10.1 Å². The zero-order chi connectivity index (χ0) is 27.1. The number of nitro groups is 1. The minimum absolute atomic E-state index is 0. The van der Waals surface area contributed by atoms with Crippen molar-refractivity contribution in [3.05, 3.63) is 72.2 Å². The Balaban J connectivity index is 0. The highest BCUT2D eigenvalue weighted by atomic mass is 35.5. The maximum atomic E-state index is 13.3. The van der Waals surface area contributed by atoms with Gasteiger partial charge in [0.25, 0.3) is 10.8 Å². The predicted octanol–water partition coefficient (Wildman–Crippen LogP) is 6.23. The molecule has 0 aliphatic carbocycles. The fourth-order valence-electron chi connectivity index (χ4n) is 1.77. The van der Waals surface area contributed by atoms with Crippen LogP contribution in [0.5, 0.6) is 11.5 Å². The molecule has 0 heterocycles. The quantitative estimate of drug-likeness (QED) is 0.189. The van der Waals surface area contributed by atoms with Crippen LogP contribution in [0.3, 0.4) is 0 Å². The lowest BCUT2D eigenvalue weighted by molar-refractivity contribution is -0.742. The Morgan fingerprint density at radius 2 is 1.36 bits per heavy atom. The van der Waals surface area contributed by atoms with E-state index in [9.17, 15) is 28.5 Å². The average Bonchev–Trinajstić information content (AvgIpc) is 2.72. The van der Waals surface area contributed by atoms with Crippen molar-refractivity contribution in [1.82, 2.24) is 0 Å². The van der Waals surface area contributed by atoms with Gasteiger partial charge in [0.2, 0.25) is 0 Å². The van der Waals surface area contributed by atoms with Gasteiger partial charge in [-0.25, -0.2) is 18.4 Å². The summed E-state index contributed by atoms with van der Waals surface area (Å²) in [5.41, 5.74) is -0.563. The van der Waals surface area contributed by atoms with E-state index in [-0.39, 0.29) is 36.4 Å². The minimum atomic E-state index is -1.50. The summed E-state index contributed by atoms with van der Waals surface area (Å²) >= 11 is 10.9. The van der Waals surface area contributed by atoms with E-state index < -0.39 is 45.4 Å². The molecule has 0 aromatic heterocycles. The average molecular weight is 561 g/mol. The molecule has 200 valence electrons. The molecule has 0 saturated heterocycles. The number of hydrogen-bond donors (Lipinski definition) is 1. The molecule has 0 amide bonds. The standard InChI is InChI=1S/C9H7ClFNO5.C9H8ClFO3.CH4.HNO3/c1-2-16-9(13)17-8-4-7(12(14)15)5(10)3-6(8)11;1-2-13-9(12)14-8-4-3-6(10)5-7(8)11;;2-1(3)4/h3-4H,2H2,1H3;3-5H,2H2,1H3;1H4;(H,2,3,4). The first-order valence-corrected chi connectivity index (χ1v) is 9.68. The number of ether oxygens (including phenoxy) is 4. The Kier molecular flexibility index (Phi) is 16.6. The first kappa shape index (κ1) is 34.2. The summed E-state index contributed by atoms with van der Waals surface area (Å²) in [6, 6.07) is 5.13. The summed E-state index contributed by atoms with van der Waals surface area (Å²) in [4.78, 5) is 39.8. The lowest BCUT2D eigenvalue weighted by Crippen LogP contribution is -2.11. The van der Waals surface area contributed by atoms with Gasteiger partial charge in [-0.2, -0.15) is 0 Å². The molecule has 0 saturated carbocycles. The molecule has 1 N–H and O–H groups in total. The van der Waals surface area contributed by atoms with Crippen LogP contribution in [0.4, 0.5) is 24.1 Å². The Morgan fingerprint density at radius 1 is 0.917 bits per heavy atom. The van der Waals surface area contributed by atoms with Crippen molar-refractivity contribution in [3.8, 4) is 11.5 Å². The van der Waals surface area contributed by atoms with Crippen LogP contribution in [-0.2, 0) is 9.47 Å². The van der Waals surface area contributed by atoms with Crippen LogP contribution in [0.25, 0.3) is 0 Å². The van der Waals surface area contributed by atoms with Gasteiger partial charge in [0.15, 0.2) is 23.1 Å². The second-order valence-electron chi connectivity index (χ2n) is 5.37. The van der Waals surface area contributed by atoms with Crippen molar-refractivity contribution < 1.29 is 52.5 Å². The zero-order valence-electron chi connectivity index (χ0n) is 17.7. The largest absolute Gasteiger partial charge is 0.513 e. The number of benzene rings is 2. The monoisotopic (exact) mass is 560 g/mol. The molecule has 0 fully saturated rings. The van der Waals surface area contributed by atoms with E-state index in [0.29, 0.717) is 12.1 Å². The molecule has 0 unspecified atom stereocenters. The van der Waals surface area contributed by atoms with Gasteiger partial charge >= 0.3 is 12.3 Å². The zero-order valence-corrected chi connectivity index (χ0v) is 19.2. The normalized spacial score (nSPS) is 9.06. The fraction of sp³-hybridized carbons (Fsp3) is 0.263. The van der Waals surface area contributed by atoms with Crippen molar-refractivity contribution in [2.75, 3.05) is 13.2 Å². The van der Waals surface area contributed by atoms with Crippen molar-refractivity contribution in [1.29, 1.82) is 0 Å². The van der Waals surface area contributed by atoms with Gasteiger partial charge in [0, 0.05) is 11.1 Å². The van der Waals surface area contributed by atoms with E-state index in [2.05, 4.69) is 18.9 Å². The second-order valence-corrected chi connectivity index (χ2v) is 6.22. The molecule has 0 radical (unpaired) electrons. The van der Waals surface area contributed by atoms with E-state index in [1.165, 1.54) is 19.1 Å². The van der Waals surface area contributed by atoms with Gasteiger partial charge in [-0.1, -0.05) is 30.6 Å². The van der Waals surface area contributed by atoms with Crippen molar-refractivity contribution in [3.63, 3.8) is 0 Å². The summed E-state index contributed by atoms with van der Waals surface area (Å²) < 4.78 is 44.1. The molecular weight excluding hydrogens is 541 g/mol. The van der Waals surface area contributed by atoms with Crippen LogP contribution < -0.4 is 9.47 Å². The predicted molar refractivity (Wildman–Crippen MR) is 120 cm³/mol. The SMILES string of the molecule is C.CCOC(=O)Oc1cc([N+](=O)[O-])c(Cl)cc1F.CCOC(=O)Oc1ccc(Cl)cc1F.O=[N+]([O-])O. The van der Waals surface area contributed by atoms with Crippen LogP contribution in [0, 0.1) is 31.9 Å². The Labute approximate surface area is 212 Å². The molecule has 2 rings (SSSR count). The van der Waals surface area contributed by atoms with Crippen LogP contribution >= 0.6 is 23.2 Å². The van der Waals surface area contributed by atoms with Crippen LogP contribution in [0.1, 0.15) is 21.3 Å². The van der Waals surface area contributed by atoms with Crippen LogP contribution in [-0.4, -0.2) is 40.7 Å². The van der Waals surface area contributed by atoms with Gasteiger partial charge in [-0.3, -0.25) is 10.1 Å². The molecule has 0 aliphatic rings. The molecule has 0 bridgehead atoms. The first-order valence-electron chi connectivity index (χ1n) is 8.93. The smallest absolute Gasteiger partial charge is 0.434 e. The topological polar surface area (TPSA) is 178 Å². The highest BCUT2D eigenvalue weighted by Gasteiger charge is 2.20. The van der Waals surface area contributed by atoms with Gasteiger partial charge in [-0.05, 0) is 32.0 Å².